The van der Waals surface area contributed by atoms with Crippen LogP contribution in [0, 0.1) is 11.3 Å². The van der Waals surface area contributed by atoms with E-state index in [0.717, 1.165) is 0 Å². The SMILES string of the molecule is CCC(C)(C#N)NC(=O)c1ccc(Cl)cc1OC. The Labute approximate surface area is 112 Å². The van der Waals surface area contributed by atoms with Gasteiger partial charge in [0.15, 0.2) is 0 Å². The Morgan fingerprint density at radius 3 is 2.78 bits per heavy atom. The van der Waals surface area contributed by atoms with Crippen LogP contribution in [0.1, 0.15) is 30.6 Å². The van der Waals surface area contributed by atoms with Crippen LogP contribution in [0.15, 0.2) is 18.2 Å². The molecule has 0 fully saturated rings. The lowest BCUT2D eigenvalue weighted by molar-refractivity contribution is 0.0920. The molecule has 0 aliphatic carbocycles. The van der Waals surface area contributed by atoms with Gasteiger partial charge in [0.1, 0.15) is 11.3 Å². The fourth-order valence-electron chi connectivity index (χ4n) is 1.37. The summed E-state index contributed by atoms with van der Waals surface area (Å²) in [4.78, 5) is 12.1. The second-order valence-electron chi connectivity index (χ2n) is 4.10. The lowest BCUT2D eigenvalue weighted by Gasteiger charge is -2.21. The van der Waals surface area contributed by atoms with Crippen LogP contribution in [-0.4, -0.2) is 18.6 Å². The van der Waals surface area contributed by atoms with Gasteiger partial charge in [0.05, 0.1) is 18.7 Å². The predicted octanol–water partition coefficient (Wildman–Crippen LogP) is 2.77. The standard InChI is InChI=1S/C13H15ClN2O2/c1-4-13(2,8-15)16-12(17)10-6-5-9(14)7-11(10)18-3/h5-7H,4H2,1-3H3,(H,16,17). The topological polar surface area (TPSA) is 62.1 Å². The van der Waals surface area contributed by atoms with Gasteiger partial charge in [-0.15, -0.1) is 0 Å². The molecule has 96 valence electrons. The van der Waals surface area contributed by atoms with Gasteiger partial charge in [-0.2, -0.15) is 5.26 Å². The molecule has 0 saturated heterocycles. The zero-order valence-corrected chi connectivity index (χ0v) is 11.3. The van der Waals surface area contributed by atoms with E-state index in [4.69, 9.17) is 21.6 Å². The van der Waals surface area contributed by atoms with Crippen molar-refractivity contribution in [3.8, 4) is 11.8 Å². The van der Waals surface area contributed by atoms with Crippen molar-refractivity contribution >= 4 is 17.5 Å². The number of halogens is 1. The van der Waals surface area contributed by atoms with E-state index in [1.807, 2.05) is 6.92 Å². The van der Waals surface area contributed by atoms with Crippen molar-refractivity contribution < 1.29 is 9.53 Å². The number of hydrogen-bond donors (Lipinski definition) is 1. The zero-order valence-electron chi connectivity index (χ0n) is 10.6. The van der Waals surface area contributed by atoms with Crippen LogP contribution in [0.25, 0.3) is 0 Å². The number of rotatable bonds is 4. The number of carbonyl (C=O) groups excluding carboxylic acids is 1. The van der Waals surface area contributed by atoms with E-state index in [1.54, 1.807) is 25.1 Å². The maximum Gasteiger partial charge on any atom is 0.256 e. The Morgan fingerprint density at radius 2 is 2.28 bits per heavy atom. The third-order valence-electron chi connectivity index (χ3n) is 2.75. The molecule has 1 aromatic rings. The summed E-state index contributed by atoms with van der Waals surface area (Å²) in [5, 5.41) is 12.2. The normalized spacial score (nSPS) is 13.3. The average Bonchev–Trinajstić information content (AvgIpc) is 2.38. The molecule has 4 nitrogen and oxygen atoms in total. The van der Waals surface area contributed by atoms with Crippen molar-refractivity contribution in [2.45, 2.75) is 25.8 Å². The molecular formula is C13H15ClN2O2. The molecule has 0 heterocycles. The molecule has 0 saturated carbocycles. The number of methoxy groups -OCH3 is 1. The predicted molar refractivity (Wildman–Crippen MR) is 69.8 cm³/mol. The van der Waals surface area contributed by atoms with Gasteiger partial charge in [-0.05, 0) is 31.5 Å². The molecule has 18 heavy (non-hydrogen) atoms. The largest absolute Gasteiger partial charge is 0.496 e. The molecule has 1 aromatic carbocycles. The van der Waals surface area contributed by atoms with Gasteiger partial charge >= 0.3 is 0 Å². The zero-order chi connectivity index (χ0) is 13.8. The quantitative estimate of drug-likeness (QED) is 0.911. The lowest BCUT2D eigenvalue weighted by atomic mass is 10.0. The van der Waals surface area contributed by atoms with Crippen LogP contribution in [0.3, 0.4) is 0 Å². The monoisotopic (exact) mass is 266 g/mol. The highest BCUT2D eigenvalue weighted by Crippen LogP contribution is 2.23. The molecule has 0 spiro atoms. The summed E-state index contributed by atoms with van der Waals surface area (Å²) >= 11 is 5.82. The summed E-state index contributed by atoms with van der Waals surface area (Å²) in [6.45, 7) is 3.51. The van der Waals surface area contributed by atoms with Crippen molar-refractivity contribution in [1.82, 2.24) is 5.32 Å². The highest BCUT2D eigenvalue weighted by Gasteiger charge is 2.25. The third kappa shape index (κ3) is 3.14. The van der Waals surface area contributed by atoms with Gasteiger partial charge in [-0.25, -0.2) is 0 Å². The molecule has 0 aliphatic heterocycles. The summed E-state index contributed by atoms with van der Waals surface area (Å²) in [5.41, 5.74) is -0.529. The number of nitrogens with zero attached hydrogens (tertiary/aromatic N) is 1. The number of carbonyl (C=O) groups is 1. The minimum Gasteiger partial charge on any atom is -0.496 e. The van der Waals surface area contributed by atoms with Crippen molar-refractivity contribution in [3.05, 3.63) is 28.8 Å². The molecular weight excluding hydrogens is 252 g/mol. The molecule has 1 atom stereocenters. The minimum atomic E-state index is -0.887. The maximum absolute atomic E-state index is 12.1. The van der Waals surface area contributed by atoms with Gasteiger partial charge in [-0.3, -0.25) is 4.79 Å². The first kappa shape index (κ1) is 14.3. The van der Waals surface area contributed by atoms with E-state index in [2.05, 4.69) is 11.4 Å². The molecule has 0 aromatic heterocycles. The fraction of sp³-hybridized carbons (Fsp3) is 0.385. The van der Waals surface area contributed by atoms with Gasteiger partial charge in [-0.1, -0.05) is 18.5 Å². The Morgan fingerprint density at radius 1 is 1.61 bits per heavy atom. The summed E-state index contributed by atoms with van der Waals surface area (Å²) in [5.74, 6) is 0.0332. The number of ether oxygens (including phenoxy) is 1. The van der Waals surface area contributed by atoms with Crippen LogP contribution < -0.4 is 10.1 Å². The Balaban J connectivity index is 3.02. The van der Waals surface area contributed by atoms with Gasteiger partial charge in [0.25, 0.3) is 5.91 Å². The summed E-state index contributed by atoms with van der Waals surface area (Å²) in [6, 6.07) is 6.82. The first-order valence-corrected chi connectivity index (χ1v) is 5.91. The van der Waals surface area contributed by atoms with E-state index in [1.165, 1.54) is 7.11 Å². The number of benzene rings is 1. The minimum absolute atomic E-state index is 0.352. The van der Waals surface area contributed by atoms with Crippen LogP contribution in [0.2, 0.25) is 5.02 Å². The van der Waals surface area contributed by atoms with Crippen LogP contribution in [0.5, 0.6) is 5.75 Å². The highest BCUT2D eigenvalue weighted by atomic mass is 35.5. The Hall–Kier alpha value is -1.73. The smallest absolute Gasteiger partial charge is 0.256 e. The van der Waals surface area contributed by atoms with Gasteiger partial charge in [0.2, 0.25) is 0 Å². The molecule has 0 bridgehead atoms. The second kappa shape index (κ2) is 5.74. The van der Waals surface area contributed by atoms with Crippen molar-refractivity contribution in [3.63, 3.8) is 0 Å². The molecule has 0 radical (unpaired) electrons. The summed E-state index contributed by atoms with van der Waals surface area (Å²) in [7, 11) is 1.46. The molecule has 0 aliphatic rings. The van der Waals surface area contributed by atoms with Crippen molar-refractivity contribution in [2.75, 3.05) is 7.11 Å². The van der Waals surface area contributed by atoms with Crippen LogP contribution in [-0.2, 0) is 0 Å². The first-order chi connectivity index (χ1) is 8.45. The average molecular weight is 267 g/mol. The van der Waals surface area contributed by atoms with E-state index >= 15 is 0 Å². The first-order valence-electron chi connectivity index (χ1n) is 5.53. The molecule has 1 rings (SSSR count). The van der Waals surface area contributed by atoms with E-state index in [9.17, 15) is 4.79 Å². The molecule has 1 unspecified atom stereocenters. The van der Waals surface area contributed by atoms with Crippen LogP contribution in [0.4, 0.5) is 0 Å². The summed E-state index contributed by atoms with van der Waals surface area (Å²) < 4.78 is 5.10. The van der Waals surface area contributed by atoms with Crippen molar-refractivity contribution in [2.24, 2.45) is 0 Å². The number of nitrogens with one attached hydrogen (secondary N) is 1. The van der Waals surface area contributed by atoms with Gasteiger partial charge in [0, 0.05) is 5.02 Å². The lowest BCUT2D eigenvalue weighted by Crippen LogP contribution is -2.44. The number of amides is 1. The highest BCUT2D eigenvalue weighted by molar-refractivity contribution is 6.30. The molecule has 1 amide bonds. The maximum atomic E-state index is 12.1. The fourth-order valence-corrected chi connectivity index (χ4v) is 1.53. The number of hydrogen-bond acceptors (Lipinski definition) is 3. The second-order valence-corrected chi connectivity index (χ2v) is 4.53. The van der Waals surface area contributed by atoms with E-state index in [0.29, 0.717) is 22.8 Å². The van der Waals surface area contributed by atoms with E-state index < -0.39 is 5.54 Å². The molecule has 1 N–H and O–H groups in total. The molecule has 5 heteroatoms. The number of nitriles is 1. The Kier molecular flexibility index (Phi) is 4.57. The van der Waals surface area contributed by atoms with Gasteiger partial charge < -0.3 is 10.1 Å². The van der Waals surface area contributed by atoms with E-state index in [-0.39, 0.29) is 5.91 Å². The summed E-state index contributed by atoms with van der Waals surface area (Å²) in [6.07, 6.45) is 0.519. The van der Waals surface area contributed by atoms with Crippen LogP contribution >= 0.6 is 11.6 Å². The van der Waals surface area contributed by atoms with Crippen molar-refractivity contribution in [1.29, 1.82) is 5.26 Å². The Bertz CT molecular complexity index is 496. The third-order valence-corrected chi connectivity index (χ3v) is 2.99.